The predicted molar refractivity (Wildman–Crippen MR) is 95.5 cm³/mol. The molecule has 0 aliphatic rings. The summed E-state index contributed by atoms with van der Waals surface area (Å²) >= 11 is 0. The maximum atomic E-state index is 11.9. The van der Waals surface area contributed by atoms with Crippen LogP contribution in [0.3, 0.4) is 0 Å². The zero-order valence-electron chi connectivity index (χ0n) is 14.2. The summed E-state index contributed by atoms with van der Waals surface area (Å²) in [6.45, 7) is 2.55. The molecule has 8 heteroatoms. The first-order chi connectivity index (χ1) is 12.3. The second kappa shape index (κ2) is 11.0. The van der Waals surface area contributed by atoms with Crippen molar-refractivity contribution in [3.8, 4) is 0 Å². The number of hydrogen-bond donors (Lipinski definition) is 3. The van der Waals surface area contributed by atoms with Gasteiger partial charge in [-0.2, -0.15) is 0 Å². The summed E-state index contributed by atoms with van der Waals surface area (Å²) in [5.74, 6) is 0.533. The Morgan fingerprint density at radius 1 is 1.12 bits per heavy atom. The number of carbonyl (C=O) groups is 1. The van der Waals surface area contributed by atoms with Gasteiger partial charge in [0.25, 0.3) is 0 Å². The topological polar surface area (TPSA) is 97.4 Å². The van der Waals surface area contributed by atoms with Gasteiger partial charge in [0.1, 0.15) is 0 Å². The first-order valence-corrected chi connectivity index (χ1v) is 7.99. The molecule has 134 valence electrons. The van der Waals surface area contributed by atoms with Crippen LogP contribution in [0.15, 0.2) is 42.7 Å². The quantitative estimate of drug-likeness (QED) is 0.569. The van der Waals surface area contributed by atoms with Crippen molar-refractivity contribution >= 4 is 17.7 Å². The Morgan fingerprint density at radius 2 is 1.96 bits per heavy atom. The number of rotatable bonds is 10. The van der Waals surface area contributed by atoms with Crippen molar-refractivity contribution < 1.29 is 14.3 Å². The van der Waals surface area contributed by atoms with Gasteiger partial charge in [0, 0.05) is 38.3 Å². The van der Waals surface area contributed by atoms with Crippen molar-refractivity contribution in [2.75, 3.05) is 44.0 Å². The summed E-state index contributed by atoms with van der Waals surface area (Å²) < 4.78 is 10.4. The molecule has 0 spiro atoms. The molecule has 1 aromatic heterocycles. The largest absolute Gasteiger partial charge is 0.382 e. The molecule has 25 heavy (non-hydrogen) atoms. The monoisotopic (exact) mass is 345 g/mol. The fourth-order valence-corrected chi connectivity index (χ4v) is 1.99. The van der Waals surface area contributed by atoms with Crippen molar-refractivity contribution in [1.82, 2.24) is 15.3 Å². The number of benzene rings is 1. The molecule has 1 aromatic carbocycles. The van der Waals surface area contributed by atoms with Crippen LogP contribution in [0, 0.1) is 0 Å². The molecule has 0 fully saturated rings. The van der Waals surface area contributed by atoms with Gasteiger partial charge in [0.15, 0.2) is 0 Å². The maximum absolute atomic E-state index is 11.9. The lowest BCUT2D eigenvalue weighted by molar-refractivity contribution is 0.0617. The summed E-state index contributed by atoms with van der Waals surface area (Å²) in [6, 6.07) is 9.00. The highest BCUT2D eigenvalue weighted by atomic mass is 16.5. The Hall–Kier alpha value is -2.71. The molecule has 1 heterocycles. The Kier molecular flexibility index (Phi) is 8.16. The zero-order valence-corrected chi connectivity index (χ0v) is 14.2. The molecule has 2 aromatic rings. The third-order valence-corrected chi connectivity index (χ3v) is 3.14. The number of nitrogens with one attached hydrogen (secondary N) is 3. The van der Waals surface area contributed by atoms with Crippen molar-refractivity contribution in [3.05, 3.63) is 48.3 Å². The van der Waals surface area contributed by atoms with Crippen LogP contribution in [0.4, 0.5) is 16.4 Å². The van der Waals surface area contributed by atoms with Gasteiger partial charge in [0.2, 0.25) is 5.95 Å². The van der Waals surface area contributed by atoms with E-state index in [1.165, 1.54) is 0 Å². The average molecular weight is 345 g/mol. The lowest BCUT2D eigenvalue weighted by atomic mass is 10.2. The van der Waals surface area contributed by atoms with E-state index in [4.69, 9.17) is 9.47 Å². The maximum Gasteiger partial charge on any atom is 0.319 e. The normalized spacial score (nSPS) is 10.3. The van der Waals surface area contributed by atoms with Gasteiger partial charge in [-0.15, -0.1) is 0 Å². The van der Waals surface area contributed by atoms with Crippen LogP contribution in [0.1, 0.15) is 5.56 Å². The lowest BCUT2D eigenvalue weighted by Gasteiger charge is -2.10. The first-order valence-electron chi connectivity index (χ1n) is 7.99. The van der Waals surface area contributed by atoms with Crippen molar-refractivity contribution in [2.45, 2.75) is 6.61 Å². The zero-order chi connectivity index (χ0) is 17.7. The van der Waals surface area contributed by atoms with Crippen LogP contribution in [-0.4, -0.2) is 49.4 Å². The number of ether oxygens (including phenoxy) is 2. The van der Waals surface area contributed by atoms with E-state index in [0.717, 1.165) is 5.56 Å². The average Bonchev–Trinajstić information content (AvgIpc) is 2.64. The molecule has 0 radical (unpaired) electrons. The van der Waals surface area contributed by atoms with Crippen LogP contribution in [-0.2, 0) is 16.1 Å². The second-order valence-corrected chi connectivity index (χ2v) is 5.13. The predicted octanol–water partition coefficient (Wildman–Crippen LogP) is 1.87. The van der Waals surface area contributed by atoms with Crippen molar-refractivity contribution in [2.24, 2.45) is 0 Å². The Bertz CT molecular complexity index is 639. The van der Waals surface area contributed by atoms with E-state index in [9.17, 15) is 4.79 Å². The number of nitrogens with zero attached hydrogens (tertiary/aromatic N) is 2. The van der Waals surface area contributed by atoms with Gasteiger partial charge in [-0.05, 0) is 23.8 Å². The third kappa shape index (κ3) is 7.60. The molecule has 2 rings (SSSR count). The van der Waals surface area contributed by atoms with E-state index in [0.29, 0.717) is 44.5 Å². The minimum atomic E-state index is -0.270. The van der Waals surface area contributed by atoms with Gasteiger partial charge in [-0.25, -0.2) is 14.8 Å². The molecule has 0 aliphatic heterocycles. The molecule has 0 saturated heterocycles. The summed E-state index contributed by atoms with van der Waals surface area (Å²) in [5.41, 5.74) is 1.70. The number of urea groups is 1. The number of hydrogen-bond acceptors (Lipinski definition) is 6. The van der Waals surface area contributed by atoms with E-state index in [2.05, 4.69) is 25.9 Å². The Morgan fingerprint density at radius 3 is 2.76 bits per heavy atom. The van der Waals surface area contributed by atoms with Gasteiger partial charge >= 0.3 is 6.03 Å². The second-order valence-electron chi connectivity index (χ2n) is 5.13. The summed E-state index contributed by atoms with van der Waals surface area (Å²) in [6.07, 6.45) is 3.31. The van der Waals surface area contributed by atoms with E-state index < -0.39 is 0 Å². The highest BCUT2D eigenvalue weighted by Gasteiger charge is 2.02. The molecular formula is C17H23N5O3. The fraction of sp³-hybridized carbons (Fsp3) is 0.353. The molecule has 3 N–H and O–H groups in total. The van der Waals surface area contributed by atoms with Crippen molar-refractivity contribution in [3.63, 3.8) is 0 Å². The van der Waals surface area contributed by atoms with Crippen LogP contribution in [0.2, 0.25) is 0 Å². The summed E-state index contributed by atoms with van der Waals surface area (Å²) in [7, 11) is 1.63. The number of methoxy groups -OCH3 is 1. The highest BCUT2D eigenvalue weighted by Crippen LogP contribution is 2.11. The number of anilines is 2. The Balaban J connectivity index is 1.67. The molecule has 8 nitrogen and oxygen atoms in total. The van der Waals surface area contributed by atoms with Gasteiger partial charge in [-0.1, -0.05) is 12.1 Å². The number of carbonyl (C=O) groups excluding carboxylic acids is 1. The van der Waals surface area contributed by atoms with Crippen molar-refractivity contribution in [1.29, 1.82) is 0 Å². The number of amides is 2. The smallest absolute Gasteiger partial charge is 0.319 e. The van der Waals surface area contributed by atoms with E-state index in [1.54, 1.807) is 25.6 Å². The minimum Gasteiger partial charge on any atom is -0.382 e. The number of aromatic nitrogens is 2. The van der Waals surface area contributed by atoms with Crippen LogP contribution in [0.25, 0.3) is 0 Å². The van der Waals surface area contributed by atoms with Gasteiger partial charge in [0.05, 0.1) is 19.8 Å². The molecule has 0 bridgehead atoms. The van der Waals surface area contributed by atoms with Gasteiger partial charge in [-0.3, -0.25) is 0 Å². The summed E-state index contributed by atoms with van der Waals surface area (Å²) in [5, 5.41) is 8.57. The first kappa shape index (κ1) is 18.6. The molecule has 0 aliphatic carbocycles. The third-order valence-electron chi connectivity index (χ3n) is 3.14. The molecular weight excluding hydrogens is 322 g/mol. The van der Waals surface area contributed by atoms with Crippen LogP contribution in [0.5, 0.6) is 0 Å². The molecule has 0 unspecified atom stereocenters. The molecule has 0 atom stereocenters. The van der Waals surface area contributed by atoms with E-state index >= 15 is 0 Å². The van der Waals surface area contributed by atoms with Crippen LogP contribution < -0.4 is 16.0 Å². The van der Waals surface area contributed by atoms with E-state index in [1.807, 2.05) is 24.3 Å². The SMILES string of the molecule is COCCOCc1cccc(NC(=O)NCCNc2ncccn2)c1. The van der Waals surface area contributed by atoms with E-state index in [-0.39, 0.29) is 6.03 Å². The van der Waals surface area contributed by atoms with Gasteiger partial charge < -0.3 is 25.4 Å². The Labute approximate surface area is 147 Å². The molecule has 0 saturated carbocycles. The fourth-order valence-electron chi connectivity index (χ4n) is 1.99. The lowest BCUT2D eigenvalue weighted by Crippen LogP contribution is -2.32. The highest BCUT2D eigenvalue weighted by molar-refractivity contribution is 5.89. The standard InChI is InChI=1S/C17H23N5O3/c1-24-10-11-25-13-14-4-2-5-15(12-14)22-17(23)21-9-8-20-16-18-6-3-7-19-16/h2-7,12H,8-11,13H2,1H3,(H,18,19,20)(H2,21,22,23). The molecule has 2 amide bonds. The minimum absolute atomic E-state index is 0.270. The van der Waals surface area contributed by atoms with Crippen LogP contribution >= 0.6 is 0 Å². The summed E-state index contributed by atoms with van der Waals surface area (Å²) in [4.78, 5) is 20.0.